The Kier molecular flexibility index (Phi) is 5.02. The molecule has 0 aromatic heterocycles. The molecule has 0 heterocycles. The lowest BCUT2D eigenvalue weighted by Crippen LogP contribution is -2.31. The summed E-state index contributed by atoms with van der Waals surface area (Å²) >= 11 is 0. The molecule has 0 saturated heterocycles. The standard InChI is InChI=1S/C12H16F3N3O/c1-8-3-4-9(6-18-11(16)17-2)10(5-8)19-7-12(13,14)15/h3-5H,6-7H2,1-2H3,(H3,16,17,18). The Morgan fingerprint density at radius 1 is 1.42 bits per heavy atom. The molecule has 0 radical (unpaired) electrons. The van der Waals surface area contributed by atoms with Crippen LogP contribution in [0, 0.1) is 6.92 Å². The number of hydrogen-bond donors (Lipinski definition) is 2. The van der Waals surface area contributed by atoms with Crippen molar-refractivity contribution in [2.45, 2.75) is 19.6 Å². The van der Waals surface area contributed by atoms with Crippen molar-refractivity contribution in [2.24, 2.45) is 10.7 Å². The summed E-state index contributed by atoms with van der Waals surface area (Å²) in [6.07, 6.45) is -4.36. The van der Waals surface area contributed by atoms with Crippen molar-refractivity contribution in [3.8, 4) is 5.75 Å². The topological polar surface area (TPSA) is 59.6 Å². The molecule has 0 aliphatic heterocycles. The zero-order chi connectivity index (χ0) is 14.5. The van der Waals surface area contributed by atoms with Crippen LogP contribution < -0.4 is 15.8 Å². The van der Waals surface area contributed by atoms with E-state index < -0.39 is 12.8 Å². The predicted molar refractivity (Wildman–Crippen MR) is 67.1 cm³/mol. The maximum absolute atomic E-state index is 12.2. The highest BCUT2D eigenvalue weighted by Crippen LogP contribution is 2.23. The average molecular weight is 275 g/mol. The first-order valence-corrected chi connectivity index (χ1v) is 5.57. The van der Waals surface area contributed by atoms with Crippen molar-refractivity contribution in [3.05, 3.63) is 29.3 Å². The fourth-order valence-electron chi connectivity index (χ4n) is 1.37. The number of hydrogen-bond acceptors (Lipinski definition) is 2. The summed E-state index contributed by atoms with van der Waals surface area (Å²) in [5.41, 5.74) is 6.86. The van der Waals surface area contributed by atoms with Crippen LogP contribution in [-0.2, 0) is 6.54 Å². The van der Waals surface area contributed by atoms with E-state index in [9.17, 15) is 13.2 Å². The van der Waals surface area contributed by atoms with Gasteiger partial charge in [-0.25, -0.2) is 0 Å². The van der Waals surface area contributed by atoms with Gasteiger partial charge in [-0.2, -0.15) is 13.2 Å². The molecular weight excluding hydrogens is 259 g/mol. The maximum atomic E-state index is 12.2. The van der Waals surface area contributed by atoms with Gasteiger partial charge in [0, 0.05) is 19.2 Å². The molecule has 4 nitrogen and oxygen atoms in total. The molecule has 0 unspecified atom stereocenters. The van der Waals surface area contributed by atoms with Gasteiger partial charge < -0.3 is 15.8 Å². The zero-order valence-corrected chi connectivity index (χ0v) is 10.7. The van der Waals surface area contributed by atoms with Crippen LogP contribution in [0.15, 0.2) is 23.2 Å². The number of ether oxygens (including phenoxy) is 1. The van der Waals surface area contributed by atoms with Crippen LogP contribution in [0.4, 0.5) is 13.2 Å². The van der Waals surface area contributed by atoms with Crippen molar-refractivity contribution >= 4 is 5.96 Å². The summed E-state index contributed by atoms with van der Waals surface area (Å²) < 4.78 is 41.3. The van der Waals surface area contributed by atoms with Gasteiger partial charge in [0.25, 0.3) is 0 Å². The van der Waals surface area contributed by atoms with E-state index >= 15 is 0 Å². The highest BCUT2D eigenvalue weighted by molar-refractivity contribution is 5.77. The lowest BCUT2D eigenvalue weighted by molar-refractivity contribution is -0.153. The van der Waals surface area contributed by atoms with Gasteiger partial charge in [0.05, 0.1) is 0 Å². The Balaban J connectivity index is 2.79. The molecule has 0 fully saturated rings. The summed E-state index contributed by atoms with van der Waals surface area (Å²) in [4.78, 5) is 3.70. The lowest BCUT2D eigenvalue weighted by atomic mass is 10.1. The highest BCUT2D eigenvalue weighted by Gasteiger charge is 2.28. The Morgan fingerprint density at radius 3 is 2.68 bits per heavy atom. The number of alkyl halides is 3. The van der Waals surface area contributed by atoms with Crippen LogP contribution in [0.2, 0.25) is 0 Å². The fourth-order valence-corrected chi connectivity index (χ4v) is 1.37. The molecule has 0 aliphatic rings. The molecular formula is C12H16F3N3O. The van der Waals surface area contributed by atoms with Crippen molar-refractivity contribution in [3.63, 3.8) is 0 Å². The monoisotopic (exact) mass is 275 g/mol. The summed E-state index contributed by atoms with van der Waals surface area (Å²) in [6, 6.07) is 5.04. The van der Waals surface area contributed by atoms with Crippen LogP contribution in [0.1, 0.15) is 11.1 Å². The van der Waals surface area contributed by atoms with Crippen LogP contribution in [0.3, 0.4) is 0 Å². The number of nitrogens with zero attached hydrogens (tertiary/aromatic N) is 1. The Bertz CT molecular complexity index is 458. The van der Waals surface area contributed by atoms with Crippen molar-refractivity contribution in [2.75, 3.05) is 13.7 Å². The van der Waals surface area contributed by atoms with E-state index in [4.69, 9.17) is 10.5 Å². The van der Waals surface area contributed by atoms with Gasteiger partial charge in [-0.15, -0.1) is 0 Å². The summed E-state index contributed by atoms with van der Waals surface area (Å²) in [6.45, 7) is 0.705. The molecule has 7 heteroatoms. The zero-order valence-electron chi connectivity index (χ0n) is 10.7. The van der Waals surface area contributed by atoms with E-state index in [0.29, 0.717) is 5.56 Å². The number of aliphatic imine (C=N–C) groups is 1. The number of halogens is 3. The minimum Gasteiger partial charge on any atom is -0.484 e. The molecule has 3 N–H and O–H groups in total. The van der Waals surface area contributed by atoms with Crippen LogP contribution in [0.25, 0.3) is 0 Å². The van der Waals surface area contributed by atoms with Gasteiger partial charge in [-0.05, 0) is 18.6 Å². The Labute approximate surface area is 109 Å². The molecule has 0 saturated carbocycles. The van der Waals surface area contributed by atoms with Crippen LogP contribution >= 0.6 is 0 Å². The number of aryl methyl sites for hydroxylation is 1. The van der Waals surface area contributed by atoms with Gasteiger partial charge >= 0.3 is 6.18 Å². The van der Waals surface area contributed by atoms with E-state index in [0.717, 1.165) is 5.56 Å². The molecule has 1 aromatic carbocycles. The van der Waals surface area contributed by atoms with E-state index in [1.807, 2.05) is 0 Å². The SMILES string of the molecule is CN=C(N)NCc1ccc(C)cc1OCC(F)(F)F. The summed E-state index contributed by atoms with van der Waals surface area (Å²) in [5, 5.41) is 2.77. The van der Waals surface area contributed by atoms with Gasteiger partial charge in [0.1, 0.15) is 5.75 Å². The van der Waals surface area contributed by atoms with Crippen LogP contribution in [0.5, 0.6) is 5.75 Å². The molecule has 19 heavy (non-hydrogen) atoms. The van der Waals surface area contributed by atoms with Crippen LogP contribution in [-0.4, -0.2) is 25.8 Å². The third-order valence-corrected chi connectivity index (χ3v) is 2.31. The average Bonchev–Trinajstić information content (AvgIpc) is 2.33. The highest BCUT2D eigenvalue weighted by atomic mass is 19.4. The van der Waals surface area contributed by atoms with Crippen molar-refractivity contribution < 1.29 is 17.9 Å². The first-order valence-electron chi connectivity index (χ1n) is 5.57. The van der Waals surface area contributed by atoms with Gasteiger partial charge in [0.15, 0.2) is 12.6 Å². The first-order chi connectivity index (χ1) is 8.81. The maximum Gasteiger partial charge on any atom is 0.422 e. The molecule has 0 spiro atoms. The minimum absolute atomic E-state index is 0.189. The second-order valence-electron chi connectivity index (χ2n) is 3.98. The number of guanidine groups is 1. The molecule has 0 aliphatic carbocycles. The quantitative estimate of drug-likeness (QED) is 0.652. The van der Waals surface area contributed by atoms with Gasteiger partial charge in [-0.3, -0.25) is 4.99 Å². The lowest BCUT2D eigenvalue weighted by Gasteiger charge is -2.14. The normalized spacial score (nSPS) is 12.4. The number of rotatable bonds is 4. The Hall–Kier alpha value is -1.92. The second-order valence-corrected chi connectivity index (χ2v) is 3.98. The number of nitrogens with two attached hydrogens (primary N) is 1. The third kappa shape index (κ3) is 5.50. The van der Waals surface area contributed by atoms with Crippen molar-refractivity contribution in [1.82, 2.24) is 5.32 Å². The first kappa shape index (κ1) is 15.1. The molecule has 1 aromatic rings. The molecule has 1 rings (SSSR count). The number of benzene rings is 1. The second kappa shape index (κ2) is 6.31. The molecule has 0 amide bonds. The third-order valence-electron chi connectivity index (χ3n) is 2.31. The van der Waals surface area contributed by atoms with Gasteiger partial charge in [-0.1, -0.05) is 12.1 Å². The van der Waals surface area contributed by atoms with E-state index in [2.05, 4.69) is 10.3 Å². The predicted octanol–water partition coefficient (Wildman–Crippen LogP) is 1.97. The van der Waals surface area contributed by atoms with E-state index in [1.165, 1.54) is 7.05 Å². The summed E-state index contributed by atoms with van der Waals surface area (Å²) in [7, 11) is 1.51. The van der Waals surface area contributed by atoms with Crippen molar-refractivity contribution in [1.29, 1.82) is 0 Å². The largest absolute Gasteiger partial charge is 0.484 e. The van der Waals surface area contributed by atoms with E-state index in [-0.39, 0.29) is 18.3 Å². The fraction of sp³-hybridized carbons (Fsp3) is 0.417. The number of nitrogens with one attached hydrogen (secondary N) is 1. The molecule has 106 valence electrons. The molecule has 0 bridgehead atoms. The Morgan fingerprint density at radius 2 is 2.11 bits per heavy atom. The smallest absolute Gasteiger partial charge is 0.422 e. The minimum atomic E-state index is -4.36. The van der Waals surface area contributed by atoms with Gasteiger partial charge in [0.2, 0.25) is 0 Å². The van der Waals surface area contributed by atoms with E-state index in [1.54, 1.807) is 25.1 Å². The molecule has 0 atom stereocenters. The summed E-state index contributed by atoms with van der Waals surface area (Å²) in [5.74, 6) is 0.399.